The van der Waals surface area contributed by atoms with Gasteiger partial charge in [0.2, 0.25) is 0 Å². The first-order valence-electron chi connectivity index (χ1n) is 2.42. The van der Waals surface area contributed by atoms with Gasteiger partial charge in [-0.1, -0.05) is 0 Å². The van der Waals surface area contributed by atoms with Crippen molar-refractivity contribution in [3.63, 3.8) is 0 Å². The lowest BCUT2D eigenvalue weighted by atomic mass is 10.7. The van der Waals surface area contributed by atoms with Crippen LogP contribution in [-0.4, -0.2) is 11.7 Å². The van der Waals surface area contributed by atoms with Crippen molar-refractivity contribution in [1.82, 2.24) is 4.68 Å². The Balaban J connectivity index is 2.77. The normalized spacial score (nSPS) is 9.25. The molecule has 42 valence electrons. The van der Waals surface area contributed by atoms with Crippen LogP contribution in [0.1, 0.15) is 0 Å². The van der Waals surface area contributed by atoms with E-state index in [1.54, 1.807) is 11.7 Å². The average molecular weight is 108 g/mol. The quantitative estimate of drug-likeness (QED) is 0.481. The van der Waals surface area contributed by atoms with Gasteiger partial charge >= 0.3 is 0 Å². The Morgan fingerprint density at radius 3 is 2.12 bits per heavy atom. The molecule has 2 heteroatoms. The van der Waals surface area contributed by atoms with Crippen molar-refractivity contribution in [3.05, 3.63) is 31.6 Å². The lowest BCUT2D eigenvalue weighted by molar-refractivity contribution is 0.769. The van der Waals surface area contributed by atoms with E-state index in [0.717, 1.165) is 0 Å². The van der Waals surface area contributed by atoms with Crippen LogP contribution in [0.15, 0.2) is 24.5 Å². The van der Waals surface area contributed by atoms with Gasteiger partial charge in [0.1, 0.15) is 0 Å². The third kappa shape index (κ3) is 0.832. The third-order valence-electron chi connectivity index (χ3n) is 0.953. The molecule has 2 radical (unpaired) electrons. The molecular weight excluding hydrogens is 100 g/mol. The van der Waals surface area contributed by atoms with Crippen molar-refractivity contribution in [2.24, 2.45) is 0 Å². The average Bonchev–Trinajstić information content (AvgIpc) is 2.12. The Labute approximate surface area is 49.3 Å². The van der Waals surface area contributed by atoms with Gasteiger partial charge in [-0.3, -0.25) is 4.68 Å². The predicted octanol–water partition coefficient (Wildman–Crippen LogP) is 0.724. The van der Waals surface area contributed by atoms with E-state index in [1.807, 2.05) is 24.5 Å². The molecule has 0 aliphatic rings. The molecule has 8 heavy (non-hydrogen) atoms. The molecule has 0 bridgehead atoms. The standard InChI is InChI=1S/C6H8N2/c1-7(2)8-5-3-4-6-8/h1,3-6H,2H3. The highest BCUT2D eigenvalue weighted by Gasteiger charge is 1.84. The molecule has 0 aliphatic carbocycles. The van der Waals surface area contributed by atoms with Crippen LogP contribution in [0, 0.1) is 7.05 Å². The first kappa shape index (κ1) is 5.22. The Hall–Kier alpha value is -0.920. The van der Waals surface area contributed by atoms with Crippen LogP contribution in [0.25, 0.3) is 0 Å². The summed E-state index contributed by atoms with van der Waals surface area (Å²) in [5.41, 5.74) is 0. The summed E-state index contributed by atoms with van der Waals surface area (Å²) in [6.45, 7) is 0. The molecule has 0 aliphatic heterocycles. The summed E-state index contributed by atoms with van der Waals surface area (Å²) in [7, 11) is 7.13. The number of nitrogens with zero attached hydrogens (tertiary/aromatic N) is 2. The highest BCUT2D eigenvalue weighted by molar-refractivity contribution is 4.95. The smallest absolute Gasteiger partial charge is 0.0932 e. The summed E-state index contributed by atoms with van der Waals surface area (Å²) >= 11 is 0. The zero-order chi connectivity index (χ0) is 5.98. The molecule has 0 amide bonds. The molecule has 0 N–H and O–H groups in total. The lowest BCUT2D eigenvalue weighted by Crippen LogP contribution is -2.19. The largest absolute Gasteiger partial charge is 0.309 e. The Morgan fingerprint density at radius 2 is 1.88 bits per heavy atom. The highest BCUT2D eigenvalue weighted by Crippen LogP contribution is 1.87. The van der Waals surface area contributed by atoms with E-state index >= 15 is 0 Å². The highest BCUT2D eigenvalue weighted by atomic mass is 15.5. The van der Waals surface area contributed by atoms with Crippen LogP contribution in [0.2, 0.25) is 0 Å². The van der Waals surface area contributed by atoms with Gasteiger partial charge in [0.25, 0.3) is 0 Å². The molecular formula is C6H8N2. The zero-order valence-electron chi connectivity index (χ0n) is 4.78. The van der Waals surface area contributed by atoms with Crippen molar-refractivity contribution in [1.29, 1.82) is 0 Å². The van der Waals surface area contributed by atoms with Crippen molar-refractivity contribution < 1.29 is 0 Å². The monoisotopic (exact) mass is 108 g/mol. The van der Waals surface area contributed by atoms with Crippen LogP contribution in [0.4, 0.5) is 0 Å². The minimum absolute atomic E-state index is 1.50. The molecule has 0 aromatic carbocycles. The molecule has 1 heterocycles. The van der Waals surface area contributed by atoms with Crippen molar-refractivity contribution in [2.75, 3.05) is 12.1 Å². The molecule has 0 atom stereocenters. The molecule has 0 saturated heterocycles. The van der Waals surface area contributed by atoms with E-state index in [2.05, 4.69) is 0 Å². The van der Waals surface area contributed by atoms with Crippen molar-refractivity contribution in [2.45, 2.75) is 0 Å². The van der Waals surface area contributed by atoms with Gasteiger partial charge in [-0.05, 0) is 12.1 Å². The van der Waals surface area contributed by atoms with Crippen molar-refractivity contribution >= 4 is 0 Å². The maximum Gasteiger partial charge on any atom is 0.0932 e. The van der Waals surface area contributed by atoms with E-state index in [9.17, 15) is 0 Å². The molecule has 0 saturated carbocycles. The minimum atomic E-state index is 1.50. The van der Waals surface area contributed by atoms with Crippen molar-refractivity contribution in [3.8, 4) is 0 Å². The van der Waals surface area contributed by atoms with Gasteiger partial charge in [0.05, 0.1) is 7.05 Å². The van der Waals surface area contributed by atoms with Crippen LogP contribution in [-0.2, 0) is 0 Å². The van der Waals surface area contributed by atoms with Crippen LogP contribution < -0.4 is 5.01 Å². The Morgan fingerprint density at radius 1 is 1.38 bits per heavy atom. The van der Waals surface area contributed by atoms with Gasteiger partial charge in [-0.15, -0.1) is 0 Å². The first-order valence-corrected chi connectivity index (χ1v) is 2.42. The van der Waals surface area contributed by atoms with E-state index in [4.69, 9.17) is 7.05 Å². The SMILES string of the molecule is [CH]N(C)n1cccc1. The van der Waals surface area contributed by atoms with E-state index in [1.165, 1.54) is 5.01 Å². The van der Waals surface area contributed by atoms with E-state index in [0.29, 0.717) is 0 Å². The molecule has 0 unspecified atom stereocenters. The zero-order valence-corrected chi connectivity index (χ0v) is 4.78. The Bertz CT molecular complexity index is 142. The summed E-state index contributed by atoms with van der Waals surface area (Å²) < 4.78 is 1.78. The fourth-order valence-electron chi connectivity index (χ4n) is 0.536. The van der Waals surface area contributed by atoms with Gasteiger partial charge in [0.15, 0.2) is 0 Å². The summed E-state index contributed by atoms with van der Waals surface area (Å²) in [6.07, 6.45) is 3.75. The van der Waals surface area contributed by atoms with E-state index in [-0.39, 0.29) is 0 Å². The molecule has 1 aromatic rings. The first-order chi connectivity index (χ1) is 3.80. The predicted molar refractivity (Wildman–Crippen MR) is 32.9 cm³/mol. The molecule has 2 nitrogen and oxygen atoms in total. The number of hydrogen-bond acceptors (Lipinski definition) is 1. The van der Waals surface area contributed by atoms with Crippen LogP contribution in [0.5, 0.6) is 0 Å². The van der Waals surface area contributed by atoms with Crippen LogP contribution >= 0.6 is 0 Å². The molecule has 1 rings (SSSR count). The van der Waals surface area contributed by atoms with E-state index < -0.39 is 0 Å². The topological polar surface area (TPSA) is 8.17 Å². The number of rotatable bonds is 1. The summed E-state index contributed by atoms with van der Waals surface area (Å²) in [6, 6.07) is 3.84. The maximum atomic E-state index is 5.35. The fraction of sp³-hybridized carbons (Fsp3) is 0.167. The minimum Gasteiger partial charge on any atom is -0.309 e. The van der Waals surface area contributed by atoms with Gasteiger partial charge in [-0.2, -0.15) is 0 Å². The van der Waals surface area contributed by atoms with Crippen LogP contribution in [0.3, 0.4) is 0 Å². The third-order valence-corrected chi connectivity index (χ3v) is 0.953. The molecule has 1 aromatic heterocycles. The number of hydrogen-bond donors (Lipinski definition) is 0. The number of aromatic nitrogens is 1. The second-order valence-corrected chi connectivity index (χ2v) is 1.64. The lowest BCUT2D eigenvalue weighted by Gasteiger charge is -2.11. The summed E-state index contributed by atoms with van der Waals surface area (Å²) in [5.74, 6) is 0. The summed E-state index contributed by atoms with van der Waals surface area (Å²) in [4.78, 5) is 0. The second-order valence-electron chi connectivity index (χ2n) is 1.64. The van der Waals surface area contributed by atoms with Gasteiger partial charge in [0, 0.05) is 19.4 Å². The molecule has 0 fully saturated rings. The van der Waals surface area contributed by atoms with Gasteiger partial charge in [-0.25, -0.2) is 0 Å². The molecule has 0 spiro atoms. The fourth-order valence-corrected chi connectivity index (χ4v) is 0.536. The maximum absolute atomic E-state index is 5.35. The summed E-state index contributed by atoms with van der Waals surface area (Å²) in [5, 5.41) is 1.50. The Kier molecular flexibility index (Phi) is 1.24. The second kappa shape index (κ2) is 1.90. The van der Waals surface area contributed by atoms with Gasteiger partial charge < -0.3 is 5.01 Å².